The molecule has 0 radical (unpaired) electrons. The van der Waals surface area contributed by atoms with Gasteiger partial charge in [0.15, 0.2) is 12.3 Å². The van der Waals surface area contributed by atoms with Gasteiger partial charge in [-0.1, -0.05) is 41.9 Å². The van der Waals surface area contributed by atoms with E-state index in [9.17, 15) is 18.0 Å². The van der Waals surface area contributed by atoms with Gasteiger partial charge in [0.05, 0.1) is 10.7 Å². The van der Waals surface area contributed by atoms with E-state index < -0.39 is 24.4 Å². The van der Waals surface area contributed by atoms with E-state index in [0.717, 1.165) is 10.7 Å². The molecule has 3 rings (SSSR count). The van der Waals surface area contributed by atoms with Crippen LogP contribution in [0.4, 0.5) is 18.9 Å². The number of alkyl halides is 3. The number of nitrogens with zero attached hydrogens (tertiary/aromatic N) is 2. The maximum atomic E-state index is 13.0. The monoisotopic (exact) mass is 395 g/mol. The lowest BCUT2D eigenvalue weighted by molar-refractivity contribution is -0.141. The van der Waals surface area contributed by atoms with Crippen LogP contribution >= 0.6 is 11.6 Å². The minimum Gasteiger partial charge on any atom is -0.467 e. The zero-order valence-corrected chi connectivity index (χ0v) is 14.5. The predicted octanol–water partition coefficient (Wildman–Crippen LogP) is 4.56. The summed E-state index contributed by atoms with van der Waals surface area (Å²) in [6.07, 6.45) is -4.67. The van der Waals surface area contributed by atoms with Crippen LogP contribution in [0.5, 0.6) is 5.88 Å². The van der Waals surface area contributed by atoms with Crippen molar-refractivity contribution in [2.45, 2.75) is 6.18 Å². The van der Waals surface area contributed by atoms with Crippen molar-refractivity contribution < 1.29 is 22.7 Å². The molecule has 0 aliphatic heterocycles. The van der Waals surface area contributed by atoms with Crippen LogP contribution < -0.4 is 10.1 Å². The molecule has 0 saturated heterocycles. The van der Waals surface area contributed by atoms with E-state index in [0.29, 0.717) is 5.69 Å². The van der Waals surface area contributed by atoms with E-state index in [4.69, 9.17) is 16.3 Å². The highest BCUT2D eigenvalue weighted by molar-refractivity contribution is 6.32. The van der Waals surface area contributed by atoms with E-state index in [2.05, 4.69) is 10.4 Å². The van der Waals surface area contributed by atoms with Crippen LogP contribution in [-0.2, 0) is 11.0 Å². The number of halogens is 4. The molecule has 9 heteroatoms. The molecule has 1 aromatic heterocycles. The molecule has 140 valence electrons. The van der Waals surface area contributed by atoms with E-state index in [1.165, 1.54) is 12.1 Å². The number of rotatable bonds is 5. The van der Waals surface area contributed by atoms with Gasteiger partial charge in [-0.3, -0.25) is 4.79 Å². The van der Waals surface area contributed by atoms with Gasteiger partial charge in [0.1, 0.15) is 0 Å². The number of anilines is 1. The summed E-state index contributed by atoms with van der Waals surface area (Å²) in [7, 11) is 0. The van der Waals surface area contributed by atoms with Crippen molar-refractivity contribution in [2.24, 2.45) is 0 Å². The van der Waals surface area contributed by atoms with Gasteiger partial charge in [-0.05, 0) is 24.3 Å². The maximum Gasteiger partial charge on any atom is 0.435 e. The summed E-state index contributed by atoms with van der Waals surface area (Å²) in [5.41, 5.74) is -0.407. The summed E-state index contributed by atoms with van der Waals surface area (Å²) < 4.78 is 45.3. The Balaban J connectivity index is 1.82. The Bertz CT molecular complexity index is 943. The SMILES string of the molecule is O=C(COc1cc(C(F)(F)F)nn1-c1ccccc1Cl)Nc1ccccc1. The van der Waals surface area contributed by atoms with Gasteiger partial charge in [0, 0.05) is 11.8 Å². The number of para-hydroxylation sites is 2. The van der Waals surface area contributed by atoms with E-state index >= 15 is 0 Å². The molecule has 3 aromatic rings. The minimum atomic E-state index is -4.67. The van der Waals surface area contributed by atoms with Gasteiger partial charge < -0.3 is 10.1 Å². The average molecular weight is 396 g/mol. The first-order chi connectivity index (χ1) is 12.8. The molecule has 5 nitrogen and oxygen atoms in total. The normalized spacial score (nSPS) is 11.3. The predicted molar refractivity (Wildman–Crippen MR) is 94.1 cm³/mol. The summed E-state index contributed by atoms with van der Waals surface area (Å²) in [6, 6.07) is 15.6. The number of ether oxygens (including phenoxy) is 1. The van der Waals surface area contributed by atoms with Crippen molar-refractivity contribution in [1.82, 2.24) is 9.78 Å². The Morgan fingerprint density at radius 2 is 1.78 bits per heavy atom. The Morgan fingerprint density at radius 1 is 1.11 bits per heavy atom. The molecule has 0 unspecified atom stereocenters. The van der Waals surface area contributed by atoms with Crippen LogP contribution in [0.3, 0.4) is 0 Å². The van der Waals surface area contributed by atoms with Gasteiger partial charge in [0.25, 0.3) is 5.91 Å². The van der Waals surface area contributed by atoms with Gasteiger partial charge in [0.2, 0.25) is 5.88 Å². The smallest absolute Gasteiger partial charge is 0.435 e. The zero-order valence-electron chi connectivity index (χ0n) is 13.7. The maximum absolute atomic E-state index is 13.0. The molecular weight excluding hydrogens is 383 g/mol. The van der Waals surface area contributed by atoms with Crippen LogP contribution in [0, 0.1) is 0 Å². The standard InChI is InChI=1S/C18H13ClF3N3O2/c19-13-8-4-5-9-14(13)25-17(10-15(24-25)18(20,21)22)27-11-16(26)23-12-6-2-1-3-7-12/h1-10H,11H2,(H,23,26). The van der Waals surface area contributed by atoms with E-state index in [1.807, 2.05) is 0 Å². The molecule has 1 N–H and O–H groups in total. The summed E-state index contributed by atoms with van der Waals surface area (Å²) in [5.74, 6) is -0.777. The van der Waals surface area contributed by atoms with Crippen molar-refractivity contribution in [3.05, 3.63) is 71.4 Å². The second kappa shape index (κ2) is 7.71. The zero-order chi connectivity index (χ0) is 19.4. The highest BCUT2D eigenvalue weighted by atomic mass is 35.5. The lowest BCUT2D eigenvalue weighted by Gasteiger charge is -2.10. The first-order valence-electron chi connectivity index (χ1n) is 7.74. The molecule has 27 heavy (non-hydrogen) atoms. The fraction of sp³-hybridized carbons (Fsp3) is 0.111. The van der Waals surface area contributed by atoms with Gasteiger partial charge in [-0.2, -0.15) is 23.0 Å². The second-order valence-corrected chi connectivity index (χ2v) is 5.84. The number of aromatic nitrogens is 2. The van der Waals surface area contributed by atoms with Crippen LogP contribution in [0.15, 0.2) is 60.7 Å². The Hall–Kier alpha value is -3.00. The molecule has 0 atom stereocenters. The fourth-order valence-corrected chi connectivity index (χ4v) is 2.48. The van der Waals surface area contributed by atoms with Crippen LogP contribution in [0.2, 0.25) is 5.02 Å². The quantitative estimate of drug-likeness (QED) is 0.689. The van der Waals surface area contributed by atoms with Crippen molar-refractivity contribution in [3.8, 4) is 11.6 Å². The Morgan fingerprint density at radius 3 is 2.44 bits per heavy atom. The number of carbonyl (C=O) groups excluding carboxylic acids is 1. The number of nitrogens with one attached hydrogen (secondary N) is 1. The molecule has 0 bridgehead atoms. The highest BCUT2D eigenvalue weighted by Crippen LogP contribution is 2.33. The molecule has 0 aliphatic carbocycles. The first-order valence-corrected chi connectivity index (χ1v) is 8.12. The highest BCUT2D eigenvalue weighted by Gasteiger charge is 2.35. The molecular formula is C18H13ClF3N3O2. The van der Waals surface area contributed by atoms with Crippen molar-refractivity contribution in [2.75, 3.05) is 11.9 Å². The molecule has 0 aliphatic rings. The van der Waals surface area contributed by atoms with Crippen molar-refractivity contribution >= 4 is 23.2 Å². The third-order valence-electron chi connectivity index (χ3n) is 3.46. The average Bonchev–Trinajstić information content (AvgIpc) is 3.06. The molecule has 0 fully saturated rings. The third kappa shape index (κ3) is 4.59. The molecule has 1 amide bonds. The topological polar surface area (TPSA) is 56.1 Å². The lowest BCUT2D eigenvalue weighted by Crippen LogP contribution is -2.21. The van der Waals surface area contributed by atoms with Gasteiger partial charge in [-0.25, -0.2) is 0 Å². The first kappa shape index (κ1) is 18.8. The molecule has 0 spiro atoms. The third-order valence-corrected chi connectivity index (χ3v) is 3.78. The minimum absolute atomic E-state index is 0.188. The van der Waals surface area contributed by atoms with Gasteiger partial charge >= 0.3 is 6.18 Å². The lowest BCUT2D eigenvalue weighted by atomic mass is 10.3. The summed E-state index contributed by atoms with van der Waals surface area (Å²) in [4.78, 5) is 12.0. The second-order valence-electron chi connectivity index (χ2n) is 5.43. The summed E-state index contributed by atoms with van der Waals surface area (Å²) >= 11 is 6.05. The van der Waals surface area contributed by atoms with Crippen molar-refractivity contribution in [3.63, 3.8) is 0 Å². The Labute approximate surface area is 157 Å². The van der Waals surface area contributed by atoms with Crippen LogP contribution in [0.1, 0.15) is 5.69 Å². The number of benzene rings is 2. The van der Waals surface area contributed by atoms with Crippen LogP contribution in [0.25, 0.3) is 5.69 Å². The largest absolute Gasteiger partial charge is 0.467 e. The molecule has 2 aromatic carbocycles. The van der Waals surface area contributed by atoms with E-state index in [1.54, 1.807) is 42.5 Å². The van der Waals surface area contributed by atoms with Gasteiger partial charge in [-0.15, -0.1) is 0 Å². The fourth-order valence-electron chi connectivity index (χ4n) is 2.26. The van der Waals surface area contributed by atoms with E-state index in [-0.39, 0.29) is 16.6 Å². The van der Waals surface area contributed by atoms with Crippen molar-refractivity contribution in [1.29, 1.82) is 0 Å². The number of hydrogen-bond donors (Lipinski definition) is 1. The summed E-state index contributed by atoms with van der Waals surface area (Å²) in [6.45, 7) is -0.498. The number of amides is 1. The number of carbonyl (C=O) groups is 1. The molecule has 0 saturated carbocycles. The Kier molecular flexibility index (Phi) is 5.36. The number of hydrogen-bond acceptors (Lipinski definition) is 3. The van der Waals surface area contributed by atoms with Crippen LogP contribution in [-0.4, -0.2) is 22.3 Å². The summed E-state index contributed by atoms with van der Waals surface area (Å²) in [5, 5.41) is 6.29. The molecule has 1 heterocycles.